The molecule has 0 fully saturated rings. The van der Waals surface area contributed by atoms with E-state index in [0.29, 0.717) is 12.8 Å². The lowest BCUT2D eigenvalue weighted by Gasteiger charge is -2.29. The summed E-state index contributed by atoms with van der Waals surface area (Å²) in [5, 5.41) is 63.6. The van der Waals surface area contributed by atoms with Crippen LogP contribution in [-0.4, -0.2) is 105 Å². The lowest BCUT2D eigenvalue weighted by molar-refractivity contribution is -0.772. The Bertz CT molecular complexity index is 1410. The molecule has 0 aliphatic heterocycles. The van der Waals surface area contributed by atoms with Gasteiger partial charge in [0.2, 0.25) is 0 Å². The summed E-state index contributed by atoms with van der Waals surface area (Å²) in [5.74, 6) is 0. The second-order valence-corrected chi connectivity index (χ2v) is 12.2. The van der Waals surface area contributed by atoms with Gasteiger partial charge in [0.05, 0.1) is 17.4 Å². The summed E-state index contributed by atoms with van der Waals surface area (Å²) in [7, 11) is 0. The molecule has 3 rings (SSSR count). The van der Waals surface area contributed by atoms with E-state index in [4.69, 9.17) is 67.8 Å². The summed E-state index contributed by atoms with van der Waals surface area (Å²) in [6.07, 6.45) is 1.57. The average Bonchev–Trinajstić information content (AvgIpc) is 3.11. The van der Waals surface area contributed by atoms with Crippen LogP contribution in [0.25, 0.3) is 0 Å². The number of hydrogen-bond donors (Lipinski definition) is 1. The molecule has 0 aliphatic carbocycles. The minimum atomic E-state index is -1.16. The maximum Gasteiger partial charge on any atom is 0.355 e. The third-order valence-electron chi connectivity index (χ3n) is 6.61. The predicted molar refractivity (Wildman–Crippen MR) is 199 cm³/mol. The smallest absolute Gasteiger partial charge is 0.355 e. The highest BCUT2D eigenvalue weighted by molar-refractivity contribution is 6.40. The Labute approximate surface area is 341 Å². The number of halogens is 5. The van der Waals surface area contributed by atoms with Crippen molar-refractivity contribution in [2.45, 2.75) is 68.2 Å². The first-order chi connectivity index (χ1) is 25.3. The van der Waals surface area contributed by atoms with Gasteiger partial charge in [-0.25, -0.2) is 0 Å². The minimum absolute atomic E-state index is 0. The number of pyridine rings is 1. The van der Waals surface area contributed by atoms with Gasteiger partial charge in [0.25, 0.3) is 31.1 Å². The van der Waals surface area contributed by atoms with Gasteiger partial charge in [0.15, 0.2) is 0 Å². The van der Waals surface area contributed by atoms with Crippen LogP contribution in [0.1, 0.15) is 64.4 Å². The Morgan fingerprint density at radius 1 is 0.636 bits per heavy atom. The summed E-state index contributed by atoms with van der Waals surface area (Å²) < 4.78 is 5.17. The van der Waals surface area contributed by atoms with Crippen LogP contribution in [0.15, 0.2) is 12.1 Å². The number of aliphatic hydroxyl groups is 1. The molecule has 3 aromatic heterocycles. The zero-order valence-electron chi connectivity index (χ0n) is 29.8. The molecule has 0 spiro atoms. The van der Waals surface area contributed by atoms with E-state index in [1.54, 1.807) is 6.92 Å². The molecule has 28 heteroatoms. The average molecular weight is 889 g/mol. The molecule has 0 bridgehead atoms. The maximum absolute atomic E-state index is 10.3. The number of aryl methyl sites for hydroxylation is 3. The third-order valence-corrected chi connectivity index (χ3v) is 7.07. The topological polar surface area (TPSA) is 303 Å². The van der Waals surface area contributed by atoms with Gasteiger partial charge in [-0.05, 0) is 92.5 Å². The second kappa shape index (κ2) is 31.1. The van der Waals surface area contributed by atoms with Crippen molar-refractivity contribution in [1.82, 2.24) is 45.8 Å². The zero-order valence-corrected chi connectivity index (χ0v) is 33.6. The Morgan fingerprint density at radius 3 is 1.22 bits per heavy atom. The molecule has 0 aromatic carbocycles. The second-order valence-electron chi connectivity index (χ2n) is 10.4. The molecule has 23 nitrogen and oxygen atoms in total. The van der Waals surface area contributed by atoms with Crippen molar-refractivity contribution < 1.29 is 39.6 Å². The zero-order chi connectivity index (χ0) is 41.7. The molecule has 0 radical (unpaired) electrons. The first kappa shape index (κ1) is 55.2. The van der Waals surface area contributed by atoms with Crippen LogP contribution in [0.3, 0.4) is 0 Å². The molecule has 1 N–H and O–H groups in total. The SMILES string of the molecule is C.CCC(CC)(CO)CO[N+](=O)[O-].CCC(COc1nnc(Cl)nn1)(CO[N+](=O)[O-])CO[N+](=O)[O-].Cc1cc(C)nc(C)c1.ClCCl.Clc1nnc(Cl)nn1. The number of nitrogens with zero attached hydrogens (tertiary/aromatic N) is 12. The van der Waals surface area contributed by atoms with Crippen molar-refractivity contribution in [3.05, 3.63) is 75.3 Å². The first-order valence-electron chi connectivity index (χ1n) is 15.1. The highest BCUT2D eigenvalue weighted by atomic mass is 35.5. The van der Waals surface area contributed by atoms with Crippen LogP contribution in [-0.2, 0) is 14.5 Å². The third kappa shape index (κ3) is 28.0. The Balaban J connectivity index is -0.000000690. The number of hydrogen-bond acceptors (Lipinski definition) is 20. The van der Waals surface area contributed by atoms with Gasteiger partial charge in [0.1, 0.15) is 26.4 Å². The van der Waals surface area contributed by atoms with E-state index in [-0.39, 0.29) is 60.9 Å². The van der Waals surface area contributed by atoms with E-state index in [1.807, 2.05) is 27.7 Å². The van der Waals surface area contributed by atoms with Crippen molar-refractivity contribution in [3.63, 3.8) is 0 Å². The van der Waals surface area contributed by atoms with Gasteiger partial charge in [-0.2, -0.15) is 0 Å². The molecule has 312 valence electrons. The lowest BCUT2D eigenvalue weighted by Crippen LogP contribution is -2.39. The fourth-order valence-electron chi connectivity index (χ4n) is 3.46. The van der Waals surface area contributed by atoms with Crippen LogP contribution >= 0.6 is 58.0 Å². The van der Waals surface area contributed by atoms with Crippen molar-refractivity contribution in [1.29, 1.82) is 0 Å². The van der Waals surface area contributed by atoms with Crippen molar-refractivity contribution in [2.75, 3.05) is 38.4 Å². The number of rotatable bonds is 16. The molecule has 0 amide bonds. The van der Waals surface area contributed by atoms with Crippen LogP contribution in [0.2, 0.25) is 15.9 Å². The monoisotopic (exact) mass is 886 g/mol. The predicted octanol–water partition coefficient (Wildman–Crippen LogP) is 5.74. The summed E-state index contributed by atoms with van der Waals surface area (Å²) in [6.45, 7) is 10.2. The Morgan fingerprint density at radius 2 is 0.945 bits per heavy atom. The van der Waals surface area contributed by atoms with Crippen LogP contribution in [0, 0.1) is 61.9 Å². The van der Waals surface area contributed by atoms with Gasteiger partial charge in [0, 0.05) is 16.8 Å². The van der Waals surface area contributed by atoms with E-state index in [2.05, 4.69) is 79.3 Å². The normalized spacial score (nSPS) is 10.0. The molecular formula is C27H43Cl5N12O11. The lowest BCUT2D eigenvalue weighted by atomic mass is 9.84. The fraction of sp³-hybridized carbons (Fsp3) is 0.667. The summed E-state index contributed by atoms with van der Waals surface area (Å²) in [6, 6.07) is 3.91. The van der Waals surface area contributed by atoms with Gasteiger partial charge >= 0.3 is 6.01 Å². The Hall–Kier alpha value is -4.16. The van der Waals surface area contributed by atoms with E-state index < -0.39 is 39.3 Å². The minimum Gasteiger partial charge on any atom is -0.461 e. The molecule has 0 atom stereocenters. The van der Waals surface area contributed by atoms with Crippen molar-refractivity contribution >= 4 is 58.0 Å². The van der Waals surface area contributed by atoms with E-state index in [0.717, 1.165) is 11.4 Å². The van der Waals surface area contributed by atoms with E-state index >= 15 is 0 Å². The molecule has 3 aromatic rings. The summed E-state index contributed by atoms with van der Waals surface area (Å²) in [4.78, 5) is 47.6. The van der Waals surface area contributed by atoms with Gasteiger partial charge in [-0.3, -0.25) is 4.98 Å². The van der Waals surface area contributed by atoms with E-state index in [9.17, 15) is 30.3 Å². The number of aliphatic hydroxyl groups excluding tert-OH is 1. The van der Waals surface area contributed by atoms with Crippen LogP contribution < -0.4 is 4.74 Å². The van der Waals surface area contributed by atoms with Crippen LogP contribution in [0.4, 0.5) is 0 Å². The van der Waals surface area contributed by atoms with Gasteiger partial charge < -0.3 is 24.4 Å². The summed E-state index contributed by atoms with van der Waals surface area (Å²) >= 11 is 25.3. The standard InChI is InChI=1S/C8H11ClN6O7.C8H11N.C7H15NO4.C2Cl2N4.CH2Cl2.CH4/c1-2-8(4-21-14(16)17,5-22-15(18)19)3-20-7-12-10-6(9)11-13-7;1-6-4-7(2)9-8(3)5-6;1-3-7(4-2,5-9)6-12-8(10)11;3-1-5-7-2(4)8-6-1;2-1-3;/h2-5H2,1H3;4-5H,1-3H3;9H,3-6H2,1-2H3;;1H2;1H4. The molecule has 3 heterocycles. The molecule has 0 saturated carbocycles. The van der Waals surface area contributed by atoms with Crippen molar-refractivity contribution in [3.8, 4) is 6.01 Å². The molecule has 0 aliphatic rings. The number of alkyl halides is 2. The highest BCUT2D eigenvalue weighted by Gasteiger charge is 2.33. The quantitative estimate of drug-likeness (QED) is 0.102. The molecule has 0 saturated heterocycles. The molecular weight excluding hydrogens is 846 g/mol. The molecule has 0 unspecified atom stereocenters. The Kier molecular flexibility index (Phi) is 31.2. The number of ether oxygens (including phenoxy) is 1. The van der Waals surface area contributed by atoms with Gasteiger partial charge in [-0.15, -0.1) is 84.1 Å². The van der Waals surface area contributed by atoms with Crippen LogP contribution in [0.5, 0.6) is 6.01 Å². The first-order valence-corrected chi connectivity index (χ1v) is 17.3. The highest BCUT2D eigenvalue weighted by Crippen LogP contribution is 2.26. The summed E-state index contributed by atoms with van der Waals surface area (Å²) in [5.41, 5.74) is 1.89. The maximum atomic E-state index is 10.3. The molecule has 55 heavy (non-hydrogen) atoms. The fourth-order valence-corrected chi connectivity index (χ4v) is 3.68. The largest absolute Gasteiger partial charge is 0.461 e. The van der Waals surface area contributed by atoms with Gasteiger partial charge in [-0.1, -0.05) is 38.4 Å². The number of aromatic nitrogens is 9. The van der Waals surface area contributed by atoms with Crippen molar-refractivity contribution in [2.24, 2.45) is 10.8 Å². The van der Waals surface area contributed by atoms with E-state index in [1.165, 1.54) is 5.56 Å².